The van der Waals surface area contributed by atoms with E-state index in [1.165, 1.54) is 7.05 Å². The Bertz CT molecular complexity index is 545. The highest BCUT2D eigenvalue weighted by Gasteiger charge is 2.13. The zero-order chi connectivity index (χ0) is 15.0. The van der Waals surface area contributed by atoms with Crippen LogP contribution in [0.3, 0.4) is 0 Å². The van der Waals surface area contributed by atoms with Crippen molar-refractivity contribution in [3.63, 3.8) is 0 Å². The Labute approximate surface area is 119 Å². The van der Waals surface area contributed by atoms with Crippen LogP contribution in [0.2, 0.25) is 0 Å². The summed E-state index contributed by atoms with van der Waals surface area (Å²) >= 11 is 0. The summed E-state index contributed by atoms with van der Waals surface area (Å²) < 4.78 is 24.7. The fraction of sp³-hybridized carbons (Fsp3) is 0.500. The lowest BCUT2D eigenvalue weighted by Gasteiger charge is -2.10. The van der Waals surface area contributed by atoms with Gasteiger partial charge in [0.15, 0.2) is 0 Å². The van der Waals surface area contributed by atoms with Gasteiger partial charge in [-0.2, -0.15) is 0 Å². The second-order valence-corrected chi connectivity index (χ2v) is 6.15. The van der Waals surface area contributed by atoms with Gasteiger partial charge in [0.25, 0.3) is 5.91 Å². The van der Waals surface area contributed by atoms with Crippen molar-refractivity contribution in [3.8, 4) is 0 Å². The predicted octanol–water partition coefficient (Wildman–Crippen LogP) is 0.183. The van der Waals surface area contributed by atoms with Gasteiger partial charge in [0.1, 0.15) is 5.82 Å². The number of hydrogen-bond donors (Lipinski definition) is 3. The number of aromatic nitrogens is 1. The Morgan fingerprint density at radius 1 is 1.35 bits per heavy atom. The van der Waals surface area contributed by atoms with Crippen LogP contribution in [0.5, 0.6) is 0 Å². The van der Waals surface area contributed by atoms with E-state index in [2.05, 4.69) is 20.3 Å². The van der Waals surface area contributed by atoms with E-state index in [1.807, 2.05) is 6.92 Å². The molecule has 0 aliphatic heterocycles. The summed E-state index contributed by atoms with van der Waals surface area (Å²) in [5.41, 5.74) is 0.405. The van der Waals surface area contributed by atoms with Crippen LogP contribution in [0.4, 0.5) is 5.82 Å². The maximum atomic E-state index is 12.0. The largest absolute Gasteiger partial charge is 0.369 e. The zero-order valence-electron chi connectivity index (χ0n) is 11.6. The highest BCUT2D eigenvalue weighted by molar-refractivity contribution is 7.89. The molecule has 1 amide bonds. The van der Waals surface area contributed by atoms with E-state index in [0.29, 0.717) is 17.9 Å². The summed E-state index contributed by atoms with van der Waals surface area (Å²) in [6.45, 7) is 2.77. The molecule has 0 aliphatic rings. The van der Waals surface area contributed by atoms with E-state index in [9.17, 15) is 13.2 Å². The topological polar surface area (TPSA) is 100 Å². The molecular formula is C12H20N4O3S. The zero-order valence-corrected chi connectivity index (χ0v) is 12.5. The van der Waals surface area contributed by atoms with Gasteiger partial charge in [-0.25, -0.2) is 18.1 Å². The maximum absolute atomic E-state index is 12.0. The molecule has 0 aromatic carbocycles. The third-order valence-corrected chi connectivity index (χ3v) is 3.93. The predicted molar refractivity (Wildman–Crippen MR) is 78.2 cm³/mol. The Balaban J connectivity index is 2.63. The molecule has 0 fully saturated rings. The van der Waals surface area contributed by atoms with Gasteiger partial charge in [0, 0.05) is 19.3 Å². The van der Waals surface area contributed by atoms with Crippen molar-refractivity contribution >= 4 is 21.7 Å². The minimum atomic E-state index is -3.32. The number of nitrogens with one attached hydrogen (secondary N) is 3. The number of carbonyl (C=O) groups is 1. The molecule has 3 N–H and O–H groups in total. The first-order chi connectivity index (χ1) is 9.50. The number of anilines is 1. The van der Waals surface area contributed by atoms with Gasteiger partial charge < -0.3 is 10.6 Å². The number of sulfonamides is 1. The molecule has 0 saturated heterocycles. The van der Waals surface area contributed by atoms with Crippen molar-refractivity contribution in [1.82, 2.24) is 15.0 Å². The summed E-state index contributed by atoms with van der Waals surface area (Å²) in [5.74, 6) is -0.000861. The van der Waals surface area contributed by atoms with Gasteiger partial charge in [-0.05, 0) is 25.6 Å². The van der Waals surface area contributed by atoms with Gasteiger partial charge in [-0.1, -0.05) is 6.92 Å². The van der Waals surface area contributed by atoms with E-state index in [0.717, 1.165) is 6.42 Å². The average molecular weight is 300 g/mol. The molecule has 0 saturated carbocycles. The van der Waals surface area contributed by atoms with E-state index in [4.69, 9.17) is 0 Å². The average Bonchev–Trinajstić information content (AvgIpc) is 2.45. The molecule has 0 atom stereocenters. The normalized spacial score (nSPS) is 11.1. The summed E-state index contributed by atoms with van der Waals surface area (Å²) in [5, 5.41) is 5.63. The fourth-order valence-corrected chi connectivity index (χ4v) is 2.04. The van der Waals surface area contributed by atoms with E-state index < -0.39 is 10.0 Å². The molecule has 0 spiro atoms. The monoisotopic (exact) mass is 300 g/mol. The van der Waals surface area contributed by atoms with Crippen LogP contribution in [0.15, 0.2) is 18.3 Å². The Morgan fingerprint density at radius 3 is 2.75 bits per heavy atom. The summed E-state index contributed by atoms with van der Waals surface area (Å²) in [4.78, 5) is 16.1. The SMILES string of the molecule is CCCNc1ncccc1C(=O)NCCS(=O)(=O)NC. The third kappa shape index (κ3) is 5.14. The van der Waals surface area contributed by atoms with Gasteiger partial charge >= 0.3 is 0 Å². The van der Waals surface area contributed by atoms with E-state index >= 15 is 0 Å². The molecule has 0 radical (unpaired) electrons. The molecule has 8 heteroatoms. The summed E-state index contributed by atoms with van der Waals surface area (Å²) in [6, 6.07) is 3.31. The van der Waals surface area contributed by atoms with Gasteiger partial charge in [0.2, 0.25) is 10.0 Å². The van der Waals surface area contributed by atoms with E-state index in [1.54, 1.807) is 18.3 Å². The highest BCUT2D eigenvalue weighted by Crippen LogP contribution is 2.10. The molecule has 0 unspecified atom stereocenters. The number of pyridine rings is 1. The maximum Gasteiger partial charge on any atom is 0.255 e. The van der Waals surface area contributed by atoms with Gasteiger partial charge in [0.05, 0.1) is 11.3 Å². The standard InChI is InChI=1S/C12H20N4O3S/c1-3-6-14-11-10(5-4-7-15-11)12(17)16-8-9-20(18,19)13-2/h4-5,7,13H,3,6,8-9H2,1-2H3,(H,14,15)(H,16,17). The van der Waals surface area contributed by atoms with Gasteiger partial charge in [-0.15, -0.1) is 0 Å². The molecule has 112 valence electrons. The lowest BCUT2D eigenvalue weighted by Crippen LogP contribution is -2.33. The van der Waals surface area contributed by atoms with Crippen LogP contribution in [-0.4, -0.2) is 45.2 Å². The van der Waals surface area contributed by atoms with Crippen LogP contribution in [0.25, 0.3) is 0 Å². The van der Waals surface area contributed by atoms with Crippen LogP contribution in [0.1, 0.15) is 23.7 Å². The Morgan fingerprint density at radius 2 is 2.10 bits per heavy atom. The second-order valence-electron chi connectivity index (χ2n) is 4.11. The van der Waals surface area contributed by atoms with Crippen molar-refractivity contribution in [2.75, 3.05) is 31.2 Å². The number of amides is 1. The Hall–Kier alpha value is -1.67. The minimum Gasteiger partial charge on any atom is -0.369 e. The van der Waals surface area contributed by atoms with Crippen LogP contribution < -0.4 is 15.4 Å². The Kier molecular flexibility index (Phi) is 6.40. The number of carbonyl (C=O) groups excluding carboxylic acids is 1. The molecular weight excluding hydrogens is 280 g/mol. The molecule has 0 bridgehead atoms. The highest BCUT2D eigenvalue weighted by atomic mass is 32.2. The molecule has 7 nitrogen and oxygen atoms in total. The number of nitrogens with zero attached hydrogens (tertiary/aromatic N) is 1. The molecule has 1 rings (SSSR count). The summed E-state index contributed by atoms with van der Waals surface area (Å²) in [6.07, 6.45) is 2.51. The fourth-order valence-electron chi connectivity index (χ4n) is 1.47. The molecule has 1 heterocycles. The lowest BCUT2D eigenvalue weighted by atomic mass is 10.2. The first-order valence-electron chi connectivity index (χ1n) is 6.38. The molecule has 0 aliphatic carbocycles. The lowest BCUT2D eigenvalue weighted by molar-refractivity contribution is 0.0956. The third-order valence-electron chi connectivity index (χ3n) is 2.56. The van der Waals surface area contributed by atoms with Crippen molar-refractivity contribution in [3.05, 3.63) is 23.9 Å². The van der Waals surface area contributed by atoms with Crippen LogP contribution >= 0.6 is 0 Å². The smallest absolute Gasteiger partial charge is 0.255 e. The molecule has 1 aromatic heterocycles. The second kappa shape index (κ2) is 7.81. The first kappa shape index (κ1) is 16.4. The van der Waals surface area contributed by atoms with Crippen molar-refractivity contribution in [1.29, 1.82) is 0 Å². The van der Waals surface area contributed by atoms with Crippen LogP contribution in [0, 0.1) is 0 Å². The summed E-state index contributed by atoms with van der Waals surface area (Å²) in [7, 11) is -1.98. The minimum absolute atomic E-state index is 0.0458. The van der Waals surface area contributed by atoms with E-state index in [-0.39, 0.29) is 18.2 Å². The van der Waals surface area contributed by atoms with Crippen molar-refractivity contribution in [2.24, 2.45) is 0 Å². The van der Waals surface area contributed by atoms with Gasteiger partial charge in [-0.3, -0.25) is 4.79 Å². The first-order valence-corrected chi connectivity index (χ1v) is 8.03. The number of rotatable bonds is 8. The van der Waals surface area contributed by atoms with Crippen molar-refractivity contribution in [2.45, 2.75) is 13.3 Å². The molecule has 1 aromatic rings. The quantitative estimate of drug-likeness (QED) is 0.636. The number of hydrogen-bond acceptors (Lipinski definition) is 5. The molecule has 20 heavy (non-hydrogen) atoms. The van der Waals surface area contributed by atoms with Crippen LogP contribution in [-0.2, 0) is 10.0 Å². The van der Waals surface area contributed by atoms with Crippen molar-refractivity contribution < 1.29 is 13.2 Å².